The van der Waals surface area contributed by atoms with Gasteiger partial charge < -0.3 is 20.1 Å². The van der Waals surface area contributed by atoms with Crippen LogP contribution >= 0.6 is 11.8 Å². The van der Waals surface area contributed by atoms with Crippen molar-refractivity contribution in [3.8, 4) is 0 Å². The molecule has 2 rings (SSSR count). The average Bonchev–Trinajstić information content (AvgIpc) is 2.89. The molecule has 37 heavy (non-hydrogen) atoms. The minimum absolute atomic E-state index is 0.218. The van der Waals surface area contributed by atoms with Crippen molar-refractivity contribution < 1.29 is 38.2 Å². The van der Waals surface area contributed by atoms with Crippen molar-refractivity contribution in [3.05, 3.63) is 71.8 Å². The van der Waals surface area contributed by atoms with Crippen LogP contribution in [-0.2, 0) is 41.7 Å². The highest BCUT2D eigenvalue weighted by Gasteiger charge is 2.14. The molecule has 4 N–H and O–H groups in total. The van der Waals surface area contributed by atoms with Crippen LogP contribution in [0.25, 0.3) is 0 Å². The maximum absolute atomic E-state index is 11.7. The van der Waals surface area contributed by atoms with Crippen LogP contribution < -0.4 is 21.3 Å². The second kappa shape index (κ2) is 16.3. The molecule has 0 aliphatic carbocycles. The molecule has 0 bridgehead atoms. The van der Waals surface area contributed by atoms with E-state index in [1.165, 1.54) is 0 Å². The minimum Gasteiger partial charge on any atom is -0.455 e. The summed E-state index contributed by atoms with van der Waals surface area (Å²) in [7, 11) is 0. The molecule has 0 spiro atoms. The van der Waals surface area contributed by atoms with Gasteiger partial charge in [0.05, 0.1) is 11.5 Å². The number of nitrogens with one attached hydrogen (secondary N) is 4. The fourth-order valence-electron chi connectivity index (χ4n) is 2.56. The Morgan fingerprint density at radius 3 is 1.35 bits per heavy atom. The van der Waals surface area contributed by atoms with Crippen molar-refractivity contribution in [1.82, 2.24) is 21.3 Å². The number of ether oxygens (including phenoxy) is 2. The molecule has 0 aliphatic rings. The number of benzene rings is 2. The van der Waals surface area contributed by atoms with Crippen molar-refractivity contribution in [3.63, 3.8) is 0 Å². The summed E-state index contributed by atoms with van der Waals surface area (Å²) in [5.41, 5.74) is 1.69. The second-order valence-electron chi connectivity index (χ2n) is 7.25. The normalized spacial score (nSPS) is 9.95. The molecule has 196 valence electrons. The second-order valence-corrected chi connectivity index (χ2v) is 8.23. The zero-order chi connectivity index (χ0) is 26.9. The van der Waals surface area contributed by atoms with Gasteiger partial charge in [-0.25, -0.2) is 9.59 Å². The number of hydrogen-bond donors (Lipinski definition) is 4. The van der Waals surface area contributed by atoms with Crippen molar-refractivity contribution in [2.75, 3.05) is 24.7 Å². The van der Waals surface area contributed by atoms with E-state index in [0.717, 1.165) is 22.9 Å². The Morgan fingerprint density at radius 2 is 0.973 bits per heavy atom. The lowest BCUT2D eigenvalue weighted by molar-refractivity contribution is -0.145. The predicted octanol–water partition coefficient (Wildman–Crippen LogP) is 0.858. The van der Waals surface area contributed by atoms with Crippen LogP contribution in [0.2, 0.25) is 0 Å². The minimum atomic E-state index is -0.817. The highest BCUT2D eigenvalue weighted by Crippen LogP contribution is 2.02. The molecular formula is C24H26N4O8S. The van der Waals surface area contributed by atoms with E-state index >= 15 is 0 Å². The third kappa shape index (κ3) is 13.3. The smallest absolute Gasteiger partial charge is 0.321 e. The Bertz CT molecular complexity index is 997. The SMILES string of the molecule is O=C(COC(=O)CSCC(=O)OCC(=O)NC(=O)NCc1ccccc1)NC(=O)NCc1ccccc1. The predicted molar refractivity (Wildman–Crippen MR) is 133 cm³/mol. The van der Waals surface area contributed by atoms with E-state index in [-0.39, 0.29) is 24.6 Å². The van der Waals surface area contributed by atoms with Crippen LogP contribution in [0, 0.1) is 0 Å². The van der Waals surface area contributed by atoms with Gasteiger partial charge in [0.25, 0.3) is 11.8 Å². The molecule has 0 radical (unpaired) electrons. The molecule has 2 aromatic rings. The van der Waals surface area contributed by atoms with Gasteiger partial charge >= 0.3 is 24.0 Å². The number of carbonyl (C=O) groups is 6. The van der Waals surface area contributed by atoms with Crippen LogP contribution in [0.3, 0.4) is 0 Å². The average molecular weight is 531 g/mol. The topological polar surface area (TPSA) is 169 Å². The standard InChI is InChI=1S/C24H26N4O8S/c29-19(27-23(33)25-11-17-7-3-1-4-8-17)13-35-21(31)15-37-16-22(32)36-14-20(30)28-24(34)26-12-18-9-5-2-6-10-18/h1-10H,11-16H2,(H2,25,27,29,33)(H2,26,28,30,34). The number of thioether (sulfide) groups is 1. The third-order valence-electron chi connectivity index (χ3n) is 4.27. The first kappa shape index (κ1) is 28.8. The number of imide groups is 2. The van der Waals surface area contributed by atoms with Gasteiger partial charge in [-0.05, 0) is 11.1 Å². The van der Waals surface area contributed by atoms with E-state index < -0.39 is 49.0 Å². The number of urea groups is 2. The number of esters is 2. The van der Waals surface area contributed by atoms with Crippen LogP contribution in [0.5, 0.6) is 0 Å². The molecule has 13 heteroatoms. The molecule has 6 amide bonds. The summed E-state index contributed by atoms with van der Waals surface area (Å²) in [6.07, 6.45) is 0. The van der Waals surface area contributed by atoms with Crippen molar-refractivity contribution in [1.29, 1.82) is 0 Å². The van der Waals surface area contributed by atoms with Crippen LogP contribution in [0.1, 0.15) is 11.1 Å². The van der Waals surface area contributed by atoms with Gasteiger partial charge in [0.15, 0.2) is 13.2 Å². The van der Waals surface area contributed by atoms with Gasteiger partial charge in [0.2, 0.25) is 0 Å². The molecule has 0 saturated heterocycles. The van der Waals surface area contributed by atoms with Gasteiger partial charge in [-0.2, -0.15) is 0 Å². The highest BCUT2D eigenvalue weighted by molar-refractivity contribution is 8.00. The third-order valence-corrected chi connectivity index (χ3v) is 5.15. The zero-order valence-electron chi connectivity index (χ0n) is 19.7. The summed E-state index contributed by atoms with van der Waals surface area (Å²) in [6, 6.07) is 16.6. The zero-order valence-corrected chi connectivity index (χ0v) is 20.5. The fraction of sp³-hybridized carbons (Fsp3) is 0.250. The lowest BCUT2D eigenvalue weighted by atomic mass is 10.2. The van der Waals surface area contributed by atoms with E-state index in [2.05, 4.69) is 10.6 Å². The number of carbonyl (C=O) groups excluding carboxylic acids is 6. The molecule has 0 aliphatic heterocycles. The molecule has 0 heterocycles. The lowest BCUT2D eigenvalue weighted by Crippen LogP contribution is -2.41. The van der Waals surface area contributed by atoms with E-state index in [1.54, 1.807) is 24.3 Å². The van der Waals surface area contributed by atoms with Gasteiger partial charge in [-0.3, -0.25) is 29.8 Å². The summed E-state index contributed by atoms with van der Waals surface area (Å²) in [6.45, 7) is -0.907. The fourth-order valence-corrected chi connectivity index (χ4v) is 3.17. The Morgan fingerprint density at radius 1 is 0.595 bits per heavy atom. The lowest BCUT2D eigenvalue weighted by Gasteiger charge is -2.08. The number of amides is 6. The Hall–Kier alpha value is -4.39. The first-order valence-corrected chi connectivity index (χ1v) is 12.1. The van der Waals surface area contributed by atoms with Crippen molar-refractivity contribution >= 4 is 47.6 Å². The maximum Gasteiger partial charge on any atom is 0.321 e. The number of rotatable bonds is 12. The Balaban J connectivity index is 1.50. The van der Waals surface area contributed by atoms with E-state index in [0.29, 0.717) is 0 Å². The van der Waals surface area contributed by atoms with Gasteiger partial charge in [-0.15, -0.1) is 11.8 Å². The van der Waals surface area contributed by atoms with Gasteiger partial charge in [0.1, 0.15) is 0 Å². The largest absolute Gasteiger partial charge is 0.455 e. The molecule has 2 aromatic carbocycles. The summed E-state index contributed by atoms with van der Waals surface area (Å²) >= 11 is 0.841. The van der Waals surface area contributed by atoms with Crippen LogP contribution in [-0.4, -0.2) is 60.5 Å². The summed E-state index contributed by atoms with van der Waals surface area (Å²) in [5, 5.41) is 9.03. The summed E-state index contributed by atoms with van der Waals surface area (Å²) < 4.78 is 9.47. The summed E-state index contributed by atoms with van der Waals surface area (Å²) in [4.78, 5) is 70.1. The monoisotopic (exact) mass is 530 g/mol. The first-order valence-electron chi connectivity index (χ1n) is 10.9. The molecule has 0 aromatic heterocycles. The quantitative estimate of drug-likeness (QED) is 0.291. The van der Waals surface area contributed by atoms with Crippen molar-refractivity contribution in [2.45, 2.75) is 13.1 Å². The molecule has 0 fully saturated rings. The van der Waals surface area contributed by atoms with Crippen LogP contribution in [0.15, 0.2) is 60.7 Å². The Labute approximate surface area is 216 Å². The van der Waals surface area contributed by atoms with Crippen LogP contribution in [0.4, 0.5) is 9.59 Å². The first-order chi connectivity index (χ1) is 17.8. The molecule has 0 unspecified atom stereocenters. The molecule has 0 saturated carbocycles. The molecular weight excluding hydrogens is 504 g/mol. The Kier molecular flexibility index (Phi) is 12.7. The van der Waals surface area contributed by atoms with Gasteiger partial charge in [0, 0.05) is 13.1 Å². The van der Waals surface area contributed by atoms with Crippen molar-refractivity contribution in [2.24, 2.45) is 0 Å². The molecule has 12 nitrogen and oxygen atoms in total. The van der Waals surface area contributed by atoms with Gasteiger partial charge in [-0.1, -0.05) is 60.7 Å². The van der Waals surface area contributed by atoms with E-state index in [4.69, 9.17) is 9.47 Å². The molecule has 0 atom stereocenters. The van der Waals surface area contributed by atoms with E-state index in [9.17, 15) is 28.8 Å². The maximum atomic E-state index is 11.7. The summed E-state index contributed by atoms with van der Waals surface area (Å²) in [5.74, 6) is -3.74. The van der Waals surface area contributed by atoms with E-state index in [1.807, 2.05) is 47.0 Å². The number of hydrogen-bond acceptors (Lipinski definition) is 9. The highest BCUT2D eigenvalue weighted by atomic mass is 32.2.